The van der Waals surface area contributed by atoms with Crippen molar-refractivity contribution in [1.82, 2.24) is 0 Å². The molecule has 0 unspecified atom stereocenters. The fourth-order valence-electron chi connectivity index (χ4n) is 1.46. The van der Waals surface area contributed by atoms with Gasteiger partial charge in [0.05, 0.1) is 3.57 Å². The molecule has 3 nitrogen and oxygen atoms in total. The van der Waals surface area contributed by atoms with Crippen molar-refractivity contribution in [3.8, 4) is 5.75 Å². The van der Waals surface area contributed by atoms with E-state index in [0.29, 0.717) is 3.57 Å². The molecule has 0 saturated carbocycles. The molecule has 0 spiro atoms. The highest BCUT2D eigenvalue weighted by Crippen LogP contribution is 2.22. The lowest BCUT2D eigenvalue weighted by atomic mass is 10.2. The van der Waals surface area contributed by atoms with Crippen molar-refractivity contribution in [2.24, 2.45) is 0 Å². The highest BCUT2D eigenvalue weighted by molar-refractivity contribution is 14.1. The zero-order chi connectivity index (χ0) is 14.0. The van der Waals surface area contributed by atoms with Crippen LogP contribution in [0.25, 0.3) is 0 Å². The van der Waals surface area contributed by atoms with Crippen LogP contribution >= 0.6 is 22.6 Å². The van der Waals surface area contributed by atoms with Crippen LogP contribution in [0.5, 0.6) is 5.75 Å². The van der Waals surface area contributed by atoms with E-state index in [4.69, 9.17) is 0 Å². The van der Waals surface area contributed by atoms with Gasteiger partial charge >= 0.3 is 0 Å². The van der Waals surface area contributed by atoms with E-state index in [1.807, 2.05) is 22.6 Å². The molecule has 19 heavy (non-hydrogen) atoms. The minimum atomic E-state index is -0.858. The van der Waals surface area contributed by atoms with Crippen LogP contribution in [-0.2, 0) is 0 Å². The summed E-state index contributed by atoms with van der Waals surface area (Å²) in [6.07, 6.45) is 0. The van der Waals surface area contributed by atoms with Crippen LogP contribution in [0.15, 0.2) is 36.4 Å². The number of hydrogen-bond acceptors (Lipinski definition) is 2. The van der Waals surface area contributed by atoms with Crippen molar-refractivity contribution in [2.45, 2.75) is 0 Å². The minimum absolute atomic E-state index is 0.0674. The molecule has 0 atom stereocenters. The summed E-state index contributed by atoms with van der Waals surface area (Å²) in [6.45, 7) is 0. The lowest BCUT2D eigenvalue weighted by molar-refractivity contribution is 0.102. The zero-order valence-electron chi connectivity index (χ0n) is 9.45. The van der Waals surface area contributed by atoms with E-state index in [1.54, 1.807) is 0 Å². The van der Waals surface area contributed by atoms with E-state index in [-0.39, 0.29) is 11.3 Å². The summed E-state index contributed by atoms with van der Waals surface area (Å²) in [5, 5.41) is 11.6. The third-order valence-corrected chi connectivity index (χ3v) is 3.32. The number of nitrogens with one attached hydrogen (secondary N) is 1. The monoisotopic (exact) mass is 375 g/mol. The van der Waals surface area contributed by atoms with E-state index in [0.717, 1.165) is 12.1 Å². The van der Waals surface area contributed by atoms with Gasteiger partial charge in [0.1, 0.15) is 23.1 Å². The first-order valence-electron chi connectivity index (χ1n) is 5.23. The van der Waals surface area contributed by atoms with Crippen LogP contribution in [0.2, 0.25) is 0 Å². The maximum absolute atomic E-state index is 13.4. The van der Waals surface area contributed by atoms with Crippen LogP contribution in [-0.4, -0.2) is 11.0 Å². The number of phenolic OH excluding ortho intramolecular Hbond substituents is 1. The SMILES string of the molecule is O=C(Nc1c(F)cccc1F)c1ccc(I)c(O)c1. The molecule has 0 aliphatic heterocycles. The summed E-state index contributed by atoms with van der Waals surface area (Å²) in [5.74, 6) is -2.48. The molecule has 2 N–H and O–H groups in total. The smallest absolute Gasteiger partial charge is 0.255 e. The average Bonchev–Trinajstić information content (AvgIpc) is 2.37. The van der Waals surface area contributed by atoms with Gasteiger partial charge in [0, 0.05) is 5.56 Å². The van der Waals surface area contributed by atoms with Crippen molar-refractivity contribution in [2.75, 3.05) is 5.32 Å². The van der Waals surface area contributed by atoms with Crippen LogP contribution in [0, 0.1) is 15.2 Å². The van der Waals surface area contributed by atoms with Crippen molar-refractivity contribution in [3.63, 3.8) is 0 Å². The van der Waals surface area contributed by atoms with Crippen LogP contribution in [0.3, 0.4) is 0 Å². The number of para-hydroxylation sites is 1. The predicted molar refractivity (Wildman–Crippen MR) is 75.1 cm³/mol. The maximum atomic E-state index is 13.4. The largest absolute Gasteiger partial charge is 0.507 e. The molecule has 2 aromatic carbocycles. The molecule has 0 radical (unpaired) electrons. The summed E-state index contributed by atoms with van der Waals surface area (Å²) in [4.78, 5) is 11.8. The van der Waals surface area contributed by atoms with Crippen molar-refractivity contribution in [1.29, 1.82) is 0 Å². The number of hydrogen-bond donors (Lipinski definition) is 2. The second-order valence-electron chi connectivity index (χ2n) is 3.72. The van der Waals surface area contributed by atoms with E-state index >= 15 is 0 Å². The van der Waals surface area contributed by atoms with E-state index in [1.165, 1.54) is 24.3 Å². The Hall–Kier alpha value is -1.70. The number of rotatable bonds is 2. The Morgan fingerprint density at radius 1 is 1.16 bits per heavy atom. The molecule has 0 aliphatic carbocycles. The Balaban J connectivity index is 2.28. The summed E-state index contributed by atoms with van der Waals surface area (Å²) < 4.78 is 27.3. The lowest BCUT2D eigenvalue weighted by Gasteiger charge is -2.08. The molecule has 2 aromatic rings. The number of phenols is 1. The highest BCUT2D eigenvalue weighted by Gasteiger charge is 2.14. The van der Waals surface area contributed by atoms with Gasteiger partial charge < -0.3 is 10.4 Å². The third kappa shape index (κ3) is 3.01. The maximum Gasteiger partial charge on any atom is 0.255 e. The first-order valence-corrected chi connectivity index (χ1v) is 6.31. The van der Waals surface area contributed by atoms with Gasteiger partial charge in [-0.3, -0.25) is 4.79 Å². The topological polar surface area (TPSA) is 49.3 Å². The molecule has 0 aromatic heterocycles. The van der Waals surface area contributed by atoms with Gasteiger partial charge in [-0.05, 0) is 52.9 Å². The molecular weight excluding hydrogens is 367 g/mol. The Kier molecular flexibility index (Phi) is 3.98. The van der Waals surface area contributed by atoms with Crippen molar-refractivity contribution < 1.29 is 18.7 Å². The lowest BCUT2D eigenvalue weighted by Crippen LogP contribution is -2.14. The number of anilines is 1. The quantitative estimate of drug-likeness (QED) is 0.790. The minimum Gasteiger partial charge on any atom is -0.507 e. The molecule has 0 saturated heterocycles. The molecule has 0 heterocycles. The number of carbonyl (C=O) groups excluding carboxylic acids is 1. The number of benzene rings is 2. The highest BCUT2D eigenvalue weighted by atomic mass is 127. The molecular formula is C13H8F2INO2. The number of amides is 1. The molecule has 6 heteroatoms. The summed E-state index contributed by atoms with van der Waals surface area (Å²) >= 11 is 1.90. The van der Waals surface area contributed by atoms with Crippen molar-refractivity contribution >= 4 is 34.2 Å². The normalized spacial score (nSPS) is 10.3. The molecule has 98 valence electrons. The Morgan fingerprint density at radius 2 is 1.79 bits per heavy atom. The second kappa shape index (κ2) is 5.52. The molecule has 2 rings (SSSR count). The number of carbonyl (C=O) groups is 1. The molecule has 0 fully saturated rings. The fourth-order valence-corrected chi connectivity index (χ4v) is 1.79. The Bertz CT molecular complexity index is 626. The summed E-state index contributed by atoms with van der Waals surface area (Å²) in [7, 11) is 0. The standard InChI is InChI=1S/C13H8F2INO2/c14-8-2-1-3-9(15)12(8)17-13(19)7-4-5-10(16)11(18)6-7/h1-6,18H,(H,17,19). The van der Waals surface area contributed by atoms with Gasteiger partial charge in [0.15, 0.2) is 0 Å². The van der Waals surface area contributed by atoms with E-state index in [2.05, 4.69) is 5.32 Å². The van der Waals surface area contributed by atoms with Gasteiger partial charge in [0.2, 0.25) is 0 Å². The zero-order valence-corrected chi connectivity index (χ0v) is 11.6. The molecule has 0 bridgehead atoms. The van der Waals surface area contributed by atoms with Gasteiger partial charge in [-0.15, -0.1) is 0 Å². The molecule has 1 amide bonds. The molecule has 0 aliphatic rings. The van der Waals surface area contributed by atoms with Gasteiger partial charge in [-0.2, -0.15) is 0 Å². The van der Waals surface area contributed by atoms with Gasteiger partial charge in [-0.1, -0.05) is 6.07 Å². The van der Waals surface area contributed by atoms with Crippen molar-refractivity contribution in [3.05, 3.63) is 57.2 Å². The number of aromatic hydroxyl groups is 1. The summed E-state index contributed by atoms with van der Waals surface area (Å²) in [6, 6.07) is 7.51. The third-order valence-electron chi connectivity index (χ3n) is 2.41. The predicted octanol–water partition coefficient (Wildman–Crippen LogP) is 3.53. The average molecular weight is 375 g/mol. The van der Waals surface area contributed by atoms with E-state index in [9.17, 15) is 18.7 Å². The first kappa shape index (κ1) is 13.7. The summed E-state index contributed by atoms with van der Waals surface area (Å²) in [5.41, 5.74) is -0.397. The van der Waals surface area contributed by atoms with E-state index < -0.39 is 23.2 Å². The second-order valence-corrected chi connectivity index (χ2v) is 4.88. The van der Waals surface area contributed by atoms with Gasteiger partial charge in [0.25, 0.3) is 5.91 Å². The van der Waals surface area contributed by atoms with Crippen LogP contribution in [0.1, 0.15) is 10.4 Å². The van der Waals surface area contributed by atoms with Crippen LogP contribution in [0.4, 0.5) is 14.5 Å². The van der Waals surface area contributed by atoms with Crippen LogP contribution < -0.4 is 5.32 Å². The fraction of sp³-hybridized carbons (Fsp3) is 0. The van der Waals surface area contributed by atoms with Gasteiger partial charge in [-0.25, -0.2) is 8.78 Å². The Labute approximate surface area is 121 Å². The number of halogens is 3. The first-order chi connectivity index (χ1) is 8.99. The Morgan fingerprint density at radius 3 is 2.37 bits per heavy atom.